The molecule has 0 atom stereocenters. The summed E-state index contributed by atoms with van der Waals surface area (Å²) in [5.41, 5.74) is -2.36. The average Bonchev–Trinajstić information content (AvgIpc) is 3.04. The van der Waals surface area contributed by atoms with Gasteiger partial charge in [-0.05, 0) is 47.2 Å². The van der Waals surface area contributed by atoms with Crippen LogP contribution in [0.4, 0.5) is 27.6 Å². The summed E-state index contributed by atoms with van der Waals surface area (Å²) in [6.07, 6.45) is -0.248. The van der Waals surface area contributed by atoms with E-state index in [1.165, 1.54) is 5.56 Å². The fourth-order valence-electron chi connectivity index (χ4n) is 4.61. The topological polar surface area (TPSA) is 12.5 Å². The third-order valence-corrected chi connectivity index (χ3v) is 6.72. The molecule has 2 aliphatic rings. The predicted octanol–water partition coefficient (Wildman–Crippen LogP) is 6.90. The Labute approximate surface area is 185 Å². The van der Waals surface area contributed by atoms with Crippen molar-refractivity contribution >= 4 is 5.69 Å². The van der Waals surface area contributed by atoms with Gasteiger partial charge in [-0.15, -0.1) is 0 Å². The lowest BCUT2D eigenvalue weighted by Gasteiger charge is -2.33. The maximum absolute atomic E-state index is 14.7. The van der Waals surface area contributed by atoms with Gasteiger partial charge in [0.2, 0.25) is 0 Å². The molecule has 0 N–H and O–H groups in total. The van der Waals surface area contributed by atoms with E-state index in [0.717, 1.165) is 30.8 Å². The van der Waals surface area contributed by atoms with E-state index in [0.29, 0.717) is 12.1 Å². The standard InChI is InChI=1S/C25H28F5NO/c1-21(2,3)18-9-10-20-17(12-18)14-31(15-32-20)19-8-6-7-16(11-19)13-22(4,5)23(26)24(27,28)25(23,29)30/h6-12H,13-15H2,1-5H3. The molecule has 1 fully saturated rings. The molecule has 32 heavy (non-hydrogen) atoms. The quantitative estimate of drug-likeness (QED) is 0.467. The number of hydrogen-bond acceptors (Lipinski definition) is 2. The lowest BCUT2D eigenvalue weighted by molar-refractivity contribution is -0.0278. The SMILES string of the molecule is CC(C)(C)c1ccc2c(c1)CN(c1cccc(CC(C)(C)C3(F)C(F)(F)C3(F)F)c1)CO2. The first-order valence-corrected chi connectivity index (χ1v) is 10.7. The predicted molar refractivity (Wildman–Crippen MR) is 114 cm³/mol. The Bertz CT molecular complexity index is 1030. The minimum atomic E-state index is -4.66. The van der Waals surface area contributed by atoms with Gasteiger partial charge in [0.25, 0.3) is 5.67 Å². The molecule has 4 rings (SSSR count). The van der Waals surface area contributed by atoms with E-state index in [2.05, 4.69) is 26.8 Å². The zero-order chi connectivity index (χ0) is 23.7. The van der Waals surface area contributed by atoms with Crippen LogP contribution in [0.3, 0.4) is 0 Å². The van der Waals surface area contributed by atoms with Crippen molar-refractivity contribution in [2.45, 2.75) is 70.5 Å². The van der Waals surface area contributed by atoms with Gasteiger partial charge < -0.3 is 9.64 Å². The molecule has 1 aliphatic carbocycles. The van der Waals surface area contributed by atoms with Crippen LogP contribution in [0.25, 0.3) is 0 Å². The highest BCUT2D eigenvalue weighted by molar-refractivity contribution is 5.53. The maximum atomic E-state index is 14.7. The summed E-state index contributed by atoms with van der Waals surface area (Å²) in [5, 5.41) is 0. The Hall–Kier alpha value is -2.31. The highest BCUT2D eigenvalue weighted by atomic mass is 19.3. The number of alkyl halides is 5. The fraction of sp³-hybridized carbons (Fsp3) is 0.520. The van der Waals surface area contributed by atoms with Gasteiger partial charge >= 0.3 is 11.8 Å². The molecule has 0 bridgehead atoms. The second kappa shape index (κ2) is 6.84. The van der Waals surface area contributed by atoms with Gasteiger partial charge in [-0.1, -0.05) is 52.8 Å². The van der Waals surface area contributed by atoms with Crippen LogP contribution in [0.5, 0.6) is 5.75 Å². The third kappa shape index (κ3) is 3.19. The summed E-state index contributed by atoms with van der Waals surface area (Å²) in [7, 11) is 0. The average molecular weight is 453 g/mol. The molecule has 0 radical (unpaired) electrons. The molecule has 2 aromatic rings. The zero-order valence-electron chi connectivity index (χ0n) is 18.9. The summed E-state index contributed by atoms with van der Waals surface area (Å²) >= 11 is 0. The number of ether oxygens (including phenoxy) is 1. The largest absolute Gasteiger partial charge is 0.473 e. The molecular formula is C25H28F5NO. The zero-order valence-corrected chi connectivity index (χ0v) is 18.9. The molecule has 1 saturated carbocycles. The van der Waals surface area contributed by atoms with Crippen molar-refractivity contribution in [3.63, 3.8) is 0 Å². The van der Waals surface area contributed by atoms with Crippen molar-refractivity contribution in [1.82, 2.24) is 0 Å². The van der Waals surface area contributed by atoms with Crippen LogP contribution in [0.1, 0.15) is 51.3 Å². The smallest absolute Gasteiger partial charge is 0.353 e. The lowest BCUT2D eigenvalue weighted by atomic mass is 9.78. The van der Waals surface area contributed by atoms with Crippen molar-refractivity contribution in [2.75, 3.05) is 11.6 Å². The van der Waals surface area contributed by atoms with E-state index in [-0.39, 0.29) is 18.6 Å². The van der Waals surface area contributed by atoms with E-state index >= 15 is 0 Å². The Morgan fingerprint density at radius 2 is 1.56 bits per heavy atom. The first-order valence-electron chi connectivity index (χ1n) is 10.7. The van der Waals surface area contributed by atoms with Gasteiger partial charge in [0.15, 0.2) is 6.73 Å². The van der Waals surface area contributed by atoms with Gasteiger partial charge in [-0.2, -0.15) is 17.6 Å². The summed E-state index contributed by atoms with van der Waals surface area (Å²) < 4.78 is 75.2. The highest BCUT2D eigenvalue weighted by Crippen LogP contribution is 2.74. The van der Waals surface area contributed by atoms with Gasteiger partial charge in [0, 0.05) is 23.2 Å². The second-order valence-electron chi connectivity index (χ2n) is 10.6. The van der Waals surface area contributed by atoms with Gasteiger partial charge in [0.1, 0.15) is 5.75 Å². The van der Waals surface area contributed by atoms with Crippen LogP contribution < -0.4 is 9.64 Å². The van der Waals surface area contributed by atoms with E-state index in [1.54, 1.807) is 18.2 Å². The number of nitrogens with zero attached hydrogens (tertiary/aromatic N) is 1. The number of fused-ring (bicyclic) bond motifs is 1. The molecular weight excluding hydrogens is 425 g/mol. The van der Waals surface area contributed by atoms with Crippen LogP contribution in [0.2, 0.25) is 0 Å². The van der Waals surface area contributed by atoms with Crippen LogP contribution in [0.15, 0.2) is 42.5 Å². The van der Waals surface area contributed by atoms with Crippen molar-refractivity contribution in [3.05, 3.63) is 59.2 Å². The molecule has 2 nitrogen and oxygen atoms in total. The first-order chi connectivity index (χ1) is 14.6. The number of halogens is 5. The Kier molecular flexibility index (Phi) is 4.89. The van der Waals surface area contributed by atoms with E-state index in [9.17, 15) is 22.0 Å². The fourth-order valence-corrected chi connectivity index (χ4v) is 4.61. The van der Waals surface area contributed by atoms with Crippen LogP contribution in [-0.4, -0.2) is 24.2 Å². The van der Waals surface area contributed by atoms with Crippen molar-refractivity contribution in [1.29, 1.82) is 0 Å². The summed E-state index contributed by atoms with van der Waals surface area (Å²) in [5.74, 6) is -8.50. The number of rotatable bonds is 4. The number of anilines is 1. The molecule has 0 amide bonds. The second-order valence-corrected chi connectivity index (χ2v) is 10.6. The number of hydrogen-bond donors (Lipinski definition) is 0. The Balaban J connectivity index is 1.56. The molecule has 174 valence electrons. The van der Waals surface area contributed by atoms with Crippen molar-refractivity contribution in [2.24, 2.45) is 5.41 Å². The molecule has 2 aromatic carbocycles. The van der Waals surface area contributed by atoms with Crippen LogP contribution >= 0.6 is 0 Å². The molecule has 0 saturated heterocycles. The van der Waals surface area contributed by atoms with Crippen molar-refractivity contribution in [3.8, 4) is 5.75 Å². The molecule has 0 unspecified atom stereocenters. The maximum Gasteiger partial charge on any atom is 0.353 e. The third-order valence-electron chi connectivity index (χ3n) is 6.72. The van der Waals surface area contributed by atoms with E-state index < -0.39 is 22.9 Å². The monoisotopic (exact) mass is 453 g/mol. The van der Waals surface area contributed by atoms with E-state index in [4.69, 9.17) is 4.74 Å². The summed E-state index contributed by atoms with van der Waals surface area (Å²) in [4.78, 5) is 1.97. The lowest BCUT2D eigenvalue weighted by Crippen LogP contribution is -2.37. The van der Waals surface area contributed by atoms with Gasteiger partial charge in [0.05, 0.1) is 0 Å². The van der Waals surface area contributed by atoms with Crippen LogP contribution in [-0.2, 0) is 18.4 Å². The molecule has 0 spiro atoms. The Morgan fingerprint density at radius 3 is 2.16 bits per heavy atom. The Morgan fingerprint density at radius 1 is 0.906 bits per heavy atom. The normalized spacial score (nSPS) is 21.0. The van der Waals surface area contributed by atoms with Crippen LogP contribution in [0, 0.1) is 5.41 Å². The molecule has 1 aliphatic heterocycles. The highest BCUT2D eigenvalue weighted by Gasteiger charge is 3.01. The molecule has 0 aromatic heterocycles. The van der Waals surface area contributed by atoms with Gasteiger partial charge in [-0.25, -0.2) is 4.39 Å². The molecule has 1 heterocycles. The molecule has 7 heteroatoms. The van der Waals surface area contributed by atoms with Crippen molar-refractivity contribution < 1.29 is 26.7 Å². The minimum absolute atomic E-state index is 0.0158. The van der Waals surface area contributed by atoms with Gasteiger partial charge in [-0.3, -0.25) is 0 Å². The minimum Gasteiger partial charge on any atom is -0.473 e. The number of benzene rings is 2. The summed E-state index contributed by atoms with van der Waals surface area (Å²) in [6, 6.07) is 13.0. The summed E-state index contributed by atoms with van der Waals surface area (Å²) in [6.45, 7) is 9.52. The first kappa shape index (κ1) is 22.9. The van der Waals surface area contributed by atoms with E-state index in [1.807, 2.05) is 23.1 Å².